The van der Waals surface area contributed by atoms with Crippen molar-refractivity contribution in [3.63, 3.8) is 0 Å². The summed E-state index contributed by atoms with van der Waals surface area (Å²) in [5, 5.41) is 3.38. The Morgan fingerprint density at radius 2 is 2.19 bits per heavy atom. The molecular weight excluding hydrogens is 272 g/mol. The van der Waals surface area contributed by atoms with E-state index in [1.165, 1.54) is 7.11 Å². The highest BCUT2D eigenvalue weighted by atomic mass is 16.5. The zero-order chi connectivity index (χ0) is 15.2. The SMILES string of the molecule is COC(=O)c1cc(NC2CCN(CC(N)=O)CC2)ccn1. The van der Waals surface area contributed by atoms with E-state index >= 15 is 0 Å². The van der Waals surface area contributed by atoms with E-state index in [0.29, 0.717) is 12.6 Å². The first-order valence-corrected chi connectivity index (χ1v) is 6.90. The molecule has 7 nitrogen and oxygen atoms in total. The molecule has 1 amide bonds. The summed E-state index contributed by atoms with van der Waals surface area (Å²) in [6.45, 7) is 1.97. The van der Waals surface area contributed by atoms with E-state index in [1.807, 2.05) is 11.0 Å². The molecule has 1 aromatic rings. The van der Waals surface area contributed by atoms with Crippen LogP contribution in [0.25, 0.3) is 0 Å². The van der Waals surface area contributed by atoms with Gasteiger partial charge >= 0.3 is 5.97 Å². The van der Waals surface area contributed by atoms with Crippen LogP contribution in [-0.2, 0) is 9.53 Å². The van der Waals surface area contributed by atoms with Crippen LogP contribution in [0.5, 0.6) is 0 Å². The molecule has 0 aromatic carbocycles. The largest absolute Gasteiger partial charge is 0.464 e. The molecule has 2 heterocycles. The summed E-state index contributed by atoms with van der Waals surface area (Å²) in [6.07, 6.45) is 3.42. The molecule has 1 aliphatic heterocycles. The highest BCUT2D eigenvalue weighted by Gasteiger charge is 2.20. The van der Waals surface area contributed by atoms with Gasteiger partial charge in [0, 0.05) is 31.0 Å². The lowest BCUT2D eigenvalue weighted by atomic mass is 10.0. The van der Waals surface area contributed by atoms with Crippen molar-refractivity contribution in [2.24, 2.45) is 5.73 Å². The van der Waals surface area contributed by atoms with Gasteiger partial charge in [0.05, 0.1) is 13.7 Å². The number of nitrogens with one attached hydrogen (secondary N) is 1. The Labute approximate surface area is 123 Å². The number of carbonyl (C=O) groups excluding carboxylic acids is 2. The summed E-state index contributed by atoms with van der Waals surface area (Å²) in [5.74, 6) is -0.742. The van der Waals surface area contributed by atoms with Crippen molar-refractivity contribution in [1.82, 2.24) is 9.88 Å². The first-order chi connectivity index (χ1) is 10.1. The lowest BCUT2D eigenvalue weighted by Crippen LogP contribution is -2.42. The van der Waals surface area contributed by atoms with Crippen LogP contribution >= 0.6 is 0 Å². The third-order valence-electron chi connectivity index (χ3n) is 3.49. The van der Waals surface area contributed by atoms with Crippen molar-refractivity contribution in [2.75, 3.05) is 32.1 Å². The van der Waals surface area contributed by atoms with Crippen LogP contribution in [0.2, 0.25) is 0 Å². The quantitative estimate of drug-likeness (QED) is 0.754. The zero-order valence-corrected chi connectivity index (χ0v) is 12.0. The zero-order valence-electron chi connectivity index (χ0n) is 12.0. The first kappa shape index (κ1) is 15.2. The number of nitrogens with zero attached hydrogens (tertiary/aromatic N) is 2. The van der Waals surface area contributed by atoms with Crippen molar-refractivity contribution >= 4 is 17.6 Å². The van der Waals surface area contributed by atoms with Gasteiger partial charge in [0.2, 0.25) is 5.91 Å². The maximum Gasteiger partial charge on any atom is 0.356 e. The summed E-state index contributed by atoms with van der Waals surface area (Å²) in [4.78, 5) is 28.3. The van der Waals surface area contributed by atoms with E-state index in [2.05, 4.69) is 15.0 Å². The third kappa shape index (κ3) is 4.42. The van der Waals surface area contributed by atoms with Gasteiger partial charge < -0.3 is 15.8 Å². The van der Waals surface area contributed by atoms with Crippen molar-refractivity contribution in [1.29, 1.82) is 0 Å². The Bertz CT molecular complexity index is 513. The summed E-state index contributed by atoms with van der Waals surface area (Å²) >= 11 is 0. The van der Waals surface area contributed by atoms with Crippen molar-refractivity contribution in [2.45, 2.75) is 18.9 Å². The Kier molecular flexibility index (Phi) is 5.10. The smallest absolute Gasteiger partial charge is 0.356 e. The van der Waals surface area contributed by atoms with Gasteiger partial charge in [-0.2, -0.15) is 0 Å². The number of amides is 1. The highest BCUT2D eigenvalue weighted by Crippen LogP contribution is 2.17. The molecule has 0 radical (unpaired) electrons. The molecule has 1 saturated heterocycles. The molecule has 0 spiro atoms. The lowest BCUT2D eigenvalue weighted by molar-refractivity contribution is -0.119. The van der Waals surface area contributed by atoms with E-state index in [9.17, 15) is 9.59 Å². The molecule has 2 rings (SSSR count). The maximum absolute atomic E-state index is 11.4. The van der Waals surface area contributed by atoms with E-state index in [4.69, 9.17) is 5.73 Å². The fourth-order valence-electron chi connectivity index (χ4n) is 2.43. The number of methoxy groups -OCH3 is 1. The predicted molar refractivity (Wildman–Crippen MR) is 77.9 cm³/mol. The van der Waals surface area contributed by atoms with Gasteiger partial charge in [0.25, 0.3) is 0 Å². The molecule has 0 aliphatic carbocycles. The number of esters is 1. The van der Waals surface area contributed by atoms with Crippen molar-refractivity contribution in [3.8, 4) is 0 Å². The van der Waals surface area contributed by atoms with Crippen LogP contribution in [0, 0.1) is 0 Å². The normalized spacial score (nSPS) is 16.4. The first-order valence-electron chi connectivity index (χ1n) is 6.90. The van der Waals surface area contributed by atoms with E-state index in [-0.39, 0.29) is 11.6 Å². The summed E-state index contributed by atoms with van der Waals surface area (Å²) in [7, 11) is 1.33. The number of carbonyl (C=O) groups is 2. The topological polar surface area (TPSA) is 97.5 Å². The molecule has 0 saturated carbocycles. The average Bonchev–Trinajstić information content (AvgIpc) is 2.48. The summed E-state index contributed by atoms with van der Waals surface area (Å²) in [6, 6.07) is 3.81. The van der Waals surface area contributed by atoms with E-state index in [0.717, 1.165) is 31.6 Å². The van der Waals surface area contributed by atoms with Gasteiger partial charge in [-0.25, -0.2) is 9.78 Å². The summed E-state index contributed by atoms with van der Waals surface area (Å²) < 4.78 is 4.65. The number of primary amides is 1. The summed E-state index contributed by atoms with van der Waals surface area (Å²) in [5.41, 5.74) is 6.32. The fourth-order valence-corrected chi connectivity index (χ4v) is 2.43. The standard InChI is InChI=1S/C14H20N4O3/c1-21-14(20)12-8-11(2-5-16-12)17-10-3-6-18(7-4-10)9-13(15)19/h2,5,8,10H,3-4,6-7,9H2,1H3,(H2,15,19)(H,16,17). The highest BCUT2D eigenvalue weighted by molar-refractivity contribution is 5.88. The minimum Gasteiger partial charge on any atom is -0.464 e. The monoisotopic (exact) mass is 292 g/mol. The number of likely N-dealkylation sites (tertiary alicyclic amines) is 1. The maximum atomic E-state index is 11.4. The minimum atomic E-state index is -0.449. The predicted octanol–water partition coefficient (Wildman–Crippen LogP) is 0.230. The van der Waals surface area contributed by atoms with Crippen molar-refractivity contribution in [3.05, 3.63) is 24.0 Å². The van der Waals surface area contributed by atoms with Gasteiger partial charge in [0.1, 0.15) is 5.69 Å². The Balaban J connectivity index is 1.89. The second-order valence-electron chi connectivity index (χ2n) is 5.08. The van der Waals surface area contributed by atoms with Crippen LogP contribution in [0.3, 0.4) is 0 Å². The third-order valence-corrected chi connectivity index (χ3v) is 3.49. The Hall–Kier alpha value is -2.15. The number of rotatable bonds is 5. The second kappa shape index (κ2) is 7.03. The molecule has 21 heavy (non-hydrogen) atoms. The molecule has 1 aromatic heterocycles. The second-order valence-corrected chi connectivity index (χ2v) is 5.08. The number of nitrogens with two attached hydrogens (primary N) is 1. The van der Waals surface area contributed by atoms with Crippen LogP contribution < -0.4 is 11.1 Å². The van der Waals surface area contributed by atoms with E-state index < -0.39 is 5.97 Å². The van der Waals surface area contributed by atoms with Crippen LogP contribution in [0.1, 0.15) is 23.3 Å². The Morgan fingerprint density at radius 1 is 1.48 bits per heavy atom. The lowest BCUT2D eigenvalue weighted by Gasteiger charge is -2.32. The molecule has 0 unspecified atom stereocenters. The number of hydrogen-bond donors (Lipinski definition) is 2. The van der Waals surface area contributed by atoms with Gasteiger partial charge in [-0.05, 0) is 25.0 Å². The molecule has 114 valence electrons. The average molecular weight is 292 g/mol. The number of pyridine rings is 1. The number of aromatic nitrogens is 1. The molecule has 7 heteroatoms. The van der Waals surface area contributed by atoms with E-state index in [1.54, 1.807) is 12.3 Å². The number of ether oxygens (including phenoxy) is 1. The van der Waals surface area contributed by atoms with Gasteiger partial charge in [-0.3, -0.25) is 9.69 Å². The Morgan fingerprint density at radius 3 is 2.81 bits per heavy atom. The molecular formula is C14H20N4O3. The van der Waals surface area contributed by atoms with Crippen LogP contribution in [0.4, 0.5) is 5.69 Å². The molecule has 1 aliphatic rings. The number of hydrogen-bond acceptors (Lipinski definition) is 6. The minimum absolute atomic E-state index is 0.286. The molecule has 1 fully saturated rings. The van der Waals surface area contributed by atoms with Gasteiger partial charge in [0.15, 0.2) is 0 Å². The van der Waals surface area contributed by atoms with Crippen LogP contribution in [-0.4, -0.2) is 54.5 Å². The van der Waals surface area contributed by atoms with Crippen molar-refractivity contribution < 1.29 is 14.3 Å². The fraction of sp³-hybridized carbons (Fsp3) is 0.500. The van der Waals surface area contributed by atoms with Gasteiger partial charge in [-0.1, -0.05) is 0 Å². The molecule has 0 atom stereocenters. The van der Waals surface area contributed by atoms with Gasteiger partial charge in [-0.15, -0.1) is 0 Å². The number of piperidine rings is 1. The molecule has 3 N–H and O–H groups in total. The number of anilines is 1. The molecule has 0 bridgehead atoms. The van der Waals surface area contributed by atoms with Crippen LogP contribution in [0.15, 0.2) is 18.3 Å².